The minimum atomic E-state index is -4.67. The van der Waals surface area contributed by atoms with Crippen molar-refractivity contribution in [3.8, 4) is 11.4 Å². The fourth-order valence-corrected chi connectivity index (χ4v) is 2.85. The number of carbonyl (C=O) groups excluding carboxylic acids is 1. The number of hydrogen-bond acceptors (Lipinski definition) is 4. The number of urea groups is 1. The molecule has 0 saturated carbocycles. The maximum Gasteiger partial charge on any atom is 0.471 e. The highest BCUT2D eigenvalue weighted by molar-refractivity contribution is 5.72. The van der Waals surface area contributed by atoms with Gasteiger partial charge in [-0.1, -0.05) is 29.4 Å². The molecule has 0 bridgehead atoms. The van der Waals surface area contributed by atoms with Crippen LogP contribution in [0.15, 0.2) is 28.8 Å². The number of nitrogens with two attached hydrogens (primary N) is 1. The van der Waals surface area contributed by atoms with E-state index >= 15 is 0 Å². The molecule has 1 unspecified atom stereocenters. The molecule has 2 aromatic rings. The van der Waals surface area contributed by atoms with Gasteiger partial charge in [0.15, 0.2) is 0 Å². The molecular formula is C15H15F3N4O2. The van der Waals surface area contributed by atoms with Gasteiger partial charge in [0, 0.05) is 12.1 Å². The minimum Gasteiger partial charge on any atom is -0.351 e. The fraction of sp³-hybridized carbons (Fsp3) is 0.400. The molecule has 1 atom stereocenters. The van der Waals surface area contributed by atoms with E-state index in [9.17, 15) is 18.0 Å². The summed E-state index contributed by atoms with van der Waals surface area (Å²) in [6.07, 6.45) is -1.99. The molecule has 0 aliphatic carbocycles. The van der Waals surface area contributed by atoms with Crippen LogP contribution in [0, 0.1) is 0 Å². The van der Waals surface area contributed by atoms with Gasteiger partial charge in [-0.15, -0.1) is 0 Å². The number of likely N-dealkylation sites (tertiary alicyclic amines) is 1. The lowest BCUT2D eigenvalue weighted by atomic mass is 9.95. The van der Waals surface area contributed by atoms with Crippen molar-refractivity contribution in [2.24, 2.45) is 5.73 Å². The highest BCUT2D eigenvalue weighted by Gasteiger charge is 2.38. The summed E-state index contributed by atoms with van der Waals surface area (Å²) in [5.74, 6) is -1.52. The first-order chi connectivity index (χ1) is 11.4. The molecule has 3 rings (SSSR count). The summed E-state index contributed by atoms with van der Waals surface area (Å²) < 4.78 is 41.7. The van der Waals surface area contributed by atoms with E-state index in [0.717, 1.165) is 24.8 Å². The third-order valence-corrected chi connectivity index (χ3v) is 4.01. The van der Waals surface area contributed by atoms with E-state index in [1.165, 1.54) is 0 Å². The van der Waals surface area contributed by atoms with Crippen LogP contribution in [0.2, 0.25) is 0 Å². The first-order valence-electron chi connectivity index (χ1n) is 7.43. The molecular weight excluding hydrogens is 325 g/mol. The zero-order valence-electron chi connectivity index (χ0n) is 12.6. The normalized spacial score (nSPS) is 18.6. The maximum atomic E-state index is 12.5. The van der Waals surface area contributed by atoms with Gasteiger partial charge >= 0.3 is 18.1 Å². The molecule has 128 valence electrons. The molecule has 6 nitrogen and oxygen atoms in total. The Morgan fingerprint density at radius 2 is 1.96 bits per heavy atom. The molecule has 2 amide bonds. The van der Waals surface area contributed by atoms with Crippen molar-refractivity contribution < 1.29 is 22.5 Å². The Kier molecular flexibility index (Phi) is 4.16. The average molecular weight is 340 g/mol. The predicted octanol–water partition coefficient (Wildman–Crippen LogP) is 3.36. The molecule has 9 heteroatoms. The maximum absolute atomic E-state index is 12.5. The minimum absolute atomic E-state index is 0.124. The van der Waals surface area contributed by atoms with Crippen molar-refractivity contribution in [3.63, 3.8) is 0 Å². The van der Waals surface area contributed by atoms with Gasteiger partial charge in [-0.3, -0.25) is 0 Å². The van der Waals surface area contributed by atoms with Gasteiger partial charge < -0.3 is 15.2 Å². The Bertz CT molecular complexity index is 727. The SMILES string of the molecule is NC(=O)N1CCCCC1c1ccc(-c2noc(C(F)(F)F)n2)cc1. The molecule has 1 aromatic carbocycles. The molecule has 24 heavy (non-hydrogen) atoms. The van der Waals surface area contributed by atoms with E-state index in [-0.39, 0.29) is 11.9 Å². The van der Waals surface area contributed by atoms with Gasteiger partial charge in [0.25, 0.3) is 0 Å². The van der Waals surface area contributed by atoms with Crippen LogP contribution >= 0.6 is 0 Å². The van der Waals surface area contributed by atoms with Crippen LogP contribution in [-0.2, 0) is 6.18 Å². The van der Waals surface area contributed by atoms with E-state index in [0.29, 0.717) is 12.1 Å². The predicted molar refractivity (Wildman–Crippen MR) is 77.6 cm³/mol. The third-order valence-electron chi connectivity index (χ3n) is 4.01. The van der Waals surface area contributed by atoms with E-state index in [1.54, 1.807) is 29.2 Å². The number of carbonyl (C=O) groups is 1. The number of piperidine rings is 1. The second-order valence-electron chi connectivity index (χ2n) is 5.59. The van der Waals surface area contributed by atoms with Gasteiger partial charge in [0.2, 0.25) is 5.82 Å². The molecule has 1 fully saturated rings. The number of rotatable bonds is 2. The molecule has 1 aliphatic rings. The Hall–Kier alpha value is -2.58. The summed E-state index contributed by atoms with van der Waals surface area (Å²) in [5, 5.41) is 3.35. The first-order valence-corrected chi connectivity index (χ1v) is 7.43. The number of amides is 2. The van der Waals surface area contributed by atoms with Crippen LogP contribution in [0.3, 0.4) is 0 Å². The van der Waals surface area contributed by atoms with Crippen molar-refractivity contribution in [2.45, 2.75) is 31.5 Å². The van der Waals surface area contributed by atoms with Crippen LogP contribution < -0.4 is 5.73 Å². The van der Waals surface area contributed by atoms with Crippen molar-refractivity contribution in [1.29, 1.82) is 0 Å². The number of halogens is 3. The van der Waals surface area contributed by atoms with Gasteiger partial charge in [-0.2, -0.15) is 18.2 Å². The standard InChI is InChI=1S/C15H15F3N4O2/c16-15(17,18)13-20-12(21-24-13)10-6-4-9(5-7-10)11-3-1-2-8-22(11)14(19)23/h4-7,11H,1-3,8H2,(H2,19,23). The quantitative estimate of drug-likeness (QED) is 0.908. The fourth-order valence-electron chi connectivity index (χ4n) is 2.85. The number of hydrogen-bond donors (Lipinski definition) is 1. The highest BCUT2D eigenvalue weighted by atomic mass is 19.4. The summed E-state index contributed by atoms with van der Waals surface area (Å²) in [7, 11) is 0. The number of nitrogens with zero attached hydrogens (tertiary/aromatic N) is 3. The second-order valence-corrected chi connectivity index (χ2v) is 5.59. The molecule has 0 radical (unpaired) electrons. The van der Waals surface area contributed by atoms with E-state index < -0.39 is 18.1 Å². The van der Waals surface area contributed by atoms with Gasteiger partial charge in [0.1, 0.15) is 0 Å². The Labute approximate surface area is 135 Å². The first kappa shape index (κ1) is 16.3. The summed E-state index contributed by atoms with van der Waals surface area (Å²) in [5.41, 5.74) is 6.68. The van der Waals surface area contributed by atoms with Crippen LogP contribution in [-0.4, -0.2) is 27.6 Å². The summed E-state index contributed by atoms with van der Waals surface area (Å²) in [6.45, 7) is 0.599. The van der Waals surface area contributed by atoms with E-state index in [4.69, 9.17) is 5.73 Å². The Morgan fingerprint density at radius 3 is 2.54 bits per heavy atom. The molecule has 0 spiro atoms. The van der Waals surface area contributed by atoms with Crippen LogP contribution in [0.4, 0.5) is 18.0 Å². The number of benzene rings is 1. The summed E-state index contributed by atoms with van der Waals surface area (Å²) in [6, 6.07) is 6.09. The van der Waals surface area contributed by atoms with Crippen molar-refractivity contribution in [3.05, 3.63) is 35.7 Å². The number of alkyl halides is 3. The van der Waals surface area contributed by atoms with Crippen molar-refractivity contribution in [1.82, 2.24) is 15.0 Å². The van der Waals surface area contributed by atoms with E-state index in [2.05, 4.69) is 14.7 Å². The molecule has 1 aliphatic heterocycles. The molecule has 2 heterocycles. The van der Waals surface area contributed by atoms with Crippen molar-refractivity contribution in [2.75, 3.05) is 6.54 Å². The summed E-state index contributed by atoms with van der Waals surface area (Å²) >= 11 is 0. The van der Waals surface area contributed by atoms with Crippen LogP contribution in [0.5, 0.6) is 0 Å². The summed E-state index contributed by atoms with van der Waals surface area (Å²) in [4.78, 5) is 16.5. The lowest BCUT2D eigenvalue weighted by molar-refractivity contribution is -0.159. The smallest absolute Gasteiger partial charge is 0.351 e. The molecule has 1 saturated heterocycles. The number of aromatic nitrogens is 2. The highest BCUT2D eigenvalue weighted by Crippen LogP contribution is 2.32. The van der Waals surface area contributed by atoms with Gasteiger partial charge in [-0.05, 0) is 24.8 Å². The van der Waals surface area contributed by atoms with Crippen LogP contribution in [0.1, 0.15) is 36.8 Å². The molecule has 1 aromatic heterocycles. The Balaban J connectivity index is 1.82. The molecule has 2 N–H and O–H groups in total. The lowest BCUT2D eigenvalue weighted by Crippen LogP contribution is -2.41. The Morgan fingerprint density at radius 1 is 1.25 bits per heavy atom. The average Bonchev–Trinajstić information content (AvgIpc) is 3.05. The van der Waals surface area contributed by atoms with Crippen LogP contribution in [0.25, 0.3) is 11.4 Å². The topological polar surface area (TPSA) is 85.3 Å². The zero-order valence-corrected chi connectivity index (χ0v) is 12.6. The lowest BCUT2D eigenvalue weighted by Gasteiger charge is -2.34. The monoisotopic (exact) mass is 340 g/mol. The van der Waals surface area contributed by atoms with Crippen molar-refractivity contribution >= 4 is 6.03 Å². The second kappa shape index (κ2) is 6.14. The van der Waals surface area contributed by atoms with E-state index in [1.807, 2.05) is 0 Å². The largest absolute Gasteiger partial charge is 0.471 e. The van der Waals surface area contributed by atoms with Gasteiger partial charge in [0.05, 0.1) is 6.04 Å². The zero-order chi connectivity index (χ0) is 17.3. The van der Waals surface area contributed by atoms with Gasteiger partial charge in [-0.25, -0.2) is 4.79 Å². The third kappa shape index (κ3) is 3.19. The number of primary amides is 1.